The molecule has 7 nitrogen and oxygen atoms in total. The van der Waals surface area contributed by atoms with Crippen LogP contribution in [0.5, 0.6) is 0 Å². The molecule has 0 saturated heterocycles. The molecule has 1 heterocycles. The van der Waals surface area contributed by atoms with Gasteiger partial charge in [-0.25, -0.2) is 8.42 Å². The van der Waals surface area contributed by atoms with Crippen LogP contribution < -0.4 is 0 Å². The molecule has 0 N–H and O–H groups in total. The lowest BCUT2D eigenvalue weighted by Crippen LogP contribution is -2.31. The van der Waals surface area contributed by atoms with Crippen LogP contribution in [0, 0.1) is 0 Å². The van der Waals surface area contributed by atoms with Crippen LogP contribution >= 0.6 is 10.7 Å². The zero-order chi connectivity index (χ0) is 16.0. The summed E-state index contributed by atoms with van der Waals surface area (Å²) >= 11 is 0. The normalized spacial score (nSPS) is 11.6. The first-order valence-electron chi connectivity index (χ1n) is 6.19. The van der Waals surface area contributed by atoms with Crippen molar-refractivity contribution in [2.24, 2.45) is 0 Å². The molecule has 0 radical (unpaired) electrons. The monoisotopic (exact) mass is 338 g/mol. The van der Waals surface area contributed by atoms with Crippen molar-refractivity contribution in [3.05, 3.63) is 18.0 Å². The van der Waals surface area contributed by atoms with E-state index in [1.165, 1.54) is 35.9 Å². The van der Waals surface area contributed by atoms with Crippen molar-refractivity contribution in [2.75, 3.05) is 41.0 Å². The molecular weight excluding hydrogens is 320 g/mol. The predicted molar refractivity (Wildman–Crippen MR) is 78.2 cm³/mol. The molecule has 9 heteroatoms. The van der Waals surface area contributed by atoms with Gasteiger partial charge in [0.15, 0.2) is 0 Å². The SMILES string of the molecule is COCCN(C)C(=O)c1cc(S(=O)(=O)Cl)cn1CCOC. The molecule has 0 fully saturated rings. The molecule has 1 amide bonds. The number of aromatic nitrogens is 1. The minimum atomic E-state index is -3.89. The highest BCUT2D eigenvalue weighted by Gasteiger charge is 2.22. The fourth-order valence-electron chi connectivity index (χ4n) is 1.70. The Hall–Kier alpha value is -1.09. The van der Waals surface area contributed by atoms with Gasteiger partial charge in [-0.2, -0.15) is 0 Å². The molecule has 0 aromatic carbocycles. The van der Waals surface area contributed by atoms with E-state index in [4.69, 9.17) is 20.2 Å². The smallest absolute Gasteiger partial charge is 0.270 e. The van der Waals surface area contributed by atoms with Gasteiger partial charge in [-0.15, -0.1) is 0 Å². The van der Waals surface area contributed by atoms with Gasteiger partial charge in [0.2, 0.25) is 0 Å². The molecular formula is C12H19ClN2O5S. The number of ether oxygens (including phenoxy) is 2. The summed E-state index contributed by atoms with van der Waals surface area (Å²) < 4.78 is 34.2. The zero-order valence-corrected chi connectivity index (χ0v) is 13.8. The van der Waals surface area contributed by atoms with E-state index in [1.807, 2.05) is 0 Å². The maximum absolute atomic E-state index is 12.3. The lowest BCUT2D eigenvalue weighted by molar-refractivity contribution is 0.0731. The van der Waals surface area contributed by atoms with E-state index in [0.29, 0.717) is 26.3 Å². The Morgan fingerprint density at radius 3 is 2.48 bits per heavy atom. The van der Waals surface area contributed by atoms with E-state index < -0.39 is 9.05 Å². The second-order valence-corrected chi connectivity index (χ2v) is 6.97. The minimum absolute atomic E-state index is 0.108. The lowest BCUT2D eigenvalue weighted by atomic mass is 10.3. The molecule has 1 aromatic heterocycles. The summed E-state index contributed by atoms with van der Waals surface area (Å²) in [5.41, 5.74) is 0.241. The number of nitrogens with zero attached hydrogens (tertiary/aromatic N) is 2. The number of halogens is 1. The standard InChI is InChI=1S/C12H19ClN2O5S/c1-14(4-6-19-2)12(16)11-8-10(21(13,17)18)9-15(11)5-7-20-3/h8-9H,4-7H2,1-3H3. The molecule has 21 heavy (non-hydrogen) atoms. The third-order valence-corrected chi connectivity index (χ3v) is 4.21. The van der Waals surface area contributed by atoms with Crippen molar-refractivity contribution in [1.82, 2.24) is 9.47 Å². The number of rotatable bonds is 8. The van der Waals surface area contributed by atoms with Crippen LogP contribution in [0.25, 0.3) is 0 Å². The van der Waals surface area contributed by atoms with Crippen molar-refractivity contribution < 1.29 is 22.7 Å². The summed E-state index contributed by atoms with van der Waals surface area (Å²) in [4.78, 5) is 13.7. The molecule has 0 unspecified atom stereocenters. The number of hydrogen-bond donors (Lipinski definition) is 0. The van der Waals surface area contributed by atoms with Crippen LogP contribution in [-0.4, -0.2) is 64.8 Å². The first-order chi connectivity index (χ1) is 9.81. The van der Waals surface area contributed by atoms with E-state index in [-0.39, 0.29) is 16.5 Å². The molecule has 0 aliphatic carbocycles. The molecule has 0 aliphatic rings. The number of carbonyl (C=O) groups is 1. The summed E-state index contributed by atoms with van der Waals surface area (Å²) in [6.45, 7) is 1.48. The Balaban J connectivity index is 3.07. The van der Waals surface area contributed by atoms with E-state index in [9.17, 15) is 13.2 Å². The maximum Gasteiger partial charge on any atom is 0.270 e. The van der Waals surface area contributed by atoms with Crippen molar-refractivity contribution in [3.8, 4) is 0 Å². The second-order valence-electron chi connectivity index (χ2n) is 4.40. The lowest BCUT2D eigenvalue weighted by Gasteiger charge is -2.17. The predicted octanol–water partition coefficient (Wildman–Crippen LogP) is 0.780. The van der Waals surface area contributed by atoms with E-state index in [2.05, 4.69) is 0 Å². The van der Waals surface area contributed by atoms with E-state index in [0.717, 1.165) is 0 Å². The number of amides is 1. The molecule has 1 rings (SSSR count). The second kappa shape index (κ2) is 7.79. The number of carbonyl (C=O) groups excluding carboxylic acids is 1. The van der Waals surface area contributed by atoms with Gasteiger partial charge in [0.05, 0.1) is 13.2 Å². The van der Waals surface area contributed by atoms with Crippen LogP contribution in [0.4, 0.5) is 0 Å². The van der Waals surface area contributed by atoms with E-state index >= 15 is 0 Å². The van der Waals surface area contributed by atoms with Gasteiger partial charge in [0, 0.05) is 51.2 Å². The van der Waals surface area contributed by atoms with Gasteiger partial charge < -0.3 is 18.9 Å². The van der Waals surface area contributed by atoms with Crippen molar-refractivity contribution in [2.45, 2.75) is 11.4 Å². The topological polar surface area (TPSA) is 77.8 Å². The Kier molecular flexibility index (Phi) is 6.66. The average molecular weight is 339 g/mol. The maximum atomic E-state index is 12.3. The number of methoxy groups -OCH3 is 2. The van der Waals surface area contributed by atoms with Crippen LogP contribution in [0.2, 0.25) is 0 Å². The van der Waals surface area contributed by atoms with Crippen LogP contribution in [0.3, 0.4) is 0 Å². The van der Waals surface area contributed by atoms with Gasteiger partial charge in [-0.1, -0.05) is 0 Å². The highest BCUT2D eigenvalue weighted by atomic mass is 35.7. The van der Waals surface area contributed by atoms with Crippen LogP contribution in [0.15, 0.2) is 17.2 Å². The molecule has 0 spiro atoms. The van der Waals surface area contributed by atoms with E-state index in [1.54, 1.807) is 7.05 Å². The Labute approximate surface area is 128 Å². The van der Waals surface area contributed by atoms with Crippen molar-refractivity contribution in [1.29, 1.82) is 0 Å². The van der Waals surface area contributed by atoms with Gasteiger partial charge in [-0.3, -0.25) is 4.79 Å². The third-order valence-electron chi connectivity index (χ3n) is 2.89. The molecule has 120 valence electrons. The van der Waals surface area contributed by atoms with Crippen LogP contribution in [0.1, 0.15) is 10.5 Å². The average Bonchev–Trinajstić information content (AvgIpc) is 2.85. The Morgan fingerprint density at radius 1 is 1.33 bits per heavy atom. The highest BCUT2D eigenvalue weighted by Crippen LogP contribution is 2.19. The number of likely N-dealkylation sites (N-methyl/N-ethyl adjacent to an activating group) is 1. The largest absolute Gasteiger partial charge is 0.383 e. The summed E-state index contributed by atoms with van der Waals surface area (Å²) in [5.74, 6) is -0.310. The molecule has 0 atom stereocenters. The Morgan fingerprint density at radius 2 is 1.95 bits per heavy atom. The minimum Gasteiger partial charge on any atom is -0.383 e. The highest BCUT2D eigenvalue weighted by molar-refractivity contribution is 8.13. The van der Waals surface area contributed by atoms with Crippen molar-refractivity contribution >= 4 is 25.6 Å². The number of hydrogen-bond acceptors (Lipinski definition) is 5. The van der Waals surface area contributed by atoms with Crippen LogP contribution in [-0.2, 0) is 25.1 Å². The fraction of sp³-hybridized carbons (Fsp3) is 0.583. The summed E-state index contributed by atoms with van der Waals surface area (Å²) in [5, 5.41) is 0. The Bertz CT molecular complexity index is 584. The zero-order valence-electron chi connectivity index (χ0n) is 12.2. The van der Waals surface area contributed by atoms with Gasteiger partial charge in [0.25, 0.3) is 15.0 Å². The summed E-state index contributed by atoms with van der Waals surface area (Å²) in [6.07, 6.45) is 1.33. The molecule has 1 aromatic rings. The fourth-order valence-corrected chi connectivity index (χ4v) is 2.45. The molecule has 0 saturated carbocycles. The third kappa shape index (κ3) is 4.99. The summed E-state index contributed by atoms with van der Waals surface area (Å²) in [6, 6.07) is 1.27. The van der Waals surface area contributed by atoms with Crippen molar-refractivity contribution in [3.63, 3.8) is 0 Å². The van der Waals surface area contributed by atoms with Gasteiger partial charge in [0.1, 0.15) is 10.6 Å². The van der Waals surface area contributed by atoms with Gasteiger partial charge >= 0.3 is 0 Å². The first kappa shape index (κ1) is 18.0. The first-order valence-corrected chi connectivity index (χ1v) is 8.50. The quantitative estimate of drug-likeness (QED) is 0.655. The summed E-state index contributed by atoms with van der Waals surface area (Å²) in [7, 11) is 6.12. The molecule has 0 aliphatic heterocycles. The molecule has 0 bridgehead atoms. The van der Waals surface area contributed by atoms with Gasteiger partial charge in [-0.05, 0) is 6.07 Å².